The van der Waals surface area contributed by atoms with Crippen LogP contribution >= 0.6 is 0 Å². The maximum absolute atomic E-state index is 13.4. The molecule has 8 nitrogen and oxygen atoms in total. The number of nitrogens with zero attached hydrogens (tertiary/aromatic N) is 5. The second-order valence-corrected chi connectivity index (χ2v) is 7.71. The molecule has 3 atom stereocenters. The minimum atomic E-state index is -0.846. The molecule has 2 heterocycles. The third-order valence-electron chi connectivity index (χ3n) is 5.80. The highest BCUT2D eigenvalue weighted by Gasteiger charge is 2.48. The lowest BCUT2D eigenvalue weighted by Gasteiger charge is -2.24. The van der Waals surface area contributed by atoms with Gasteiger partial charge in [0.15, 0.2) is 0 Å². The fraction of sp³-hybridized carbons (Fsp3) is 0.526. The number of carboxylic acids is 1. The molecule has 1 aromatic carbocycles. The number of tetrazole rings is 1. The number of aryl methyl sites for hydroxylation is 1. The molecule has 1 aromatic heterocycles. The zero-order valence-corrected chi connectivity index (χ0v) is 15.5. The van der Waals surface area contributed by atoms with Gasteiger partial charge in [-0.3, -0.25) is 9.59 Å². The molecule has 1 N–H and O–H groups in total. The van der Waals surface area contributed by atoms with Crippen molar-refractivity contribution < 1.29 is 19.1 Å². The van der Waals surface area contributed by atoms with Crippen molar-refractivity contribution in [1.29, 1.82) is 0 Å². The fourth-order valence-electron chi connectivity index (χ4n) is 4.13. The molecule has 1 saturated carbocycles. The highest BCUT2D eigenvalue weighted by atomic mass is 19.1. The highest BCUT2D eigenvalue weighted by molar-refractivity contribution is 5.82. The zero-order valence-electron chi connectivity index (χ0n) is 15.5. The number of hydrogen-bond acceptors (Lipinski definition) is 5. The number of carbonyl (C=O) groups excluding carboxylic acids is 1. The van der Waals surface area contributed by atoms with Crippen molar-refractivity contribution in [3.8, 4) is 0 Å². The van der Waals surface area contributed by atoms with Crippen LogP contribution in [-0.4, -0.2) is 55.2 Å². The van der Waals surface area contributed by atoms with E-state index in [0.29, 0.717) is 24.7 Å². The molecule has 1 aliphatic heterocycles. The number of aromatic nitrogens is 4. The Labute approximate surface area is 161 Å². The van der Waals surface area contributed by atoms with E-state index in [1.54, 1.807) is 24.0 Å². The molecule has 148 valence electrons. The van der Waals surface area contributed by atoms with Crippen LogP contribution in [0.15, 0.2) is 24.3 Å². The number of likely N-dealkylation sites (tertiary alicyclic amines) is 1. The lowest BCUT2D eigenvalue weighted by molar-refractivity contribution is -0.143. The van der Waals surface area contributed by atoms with Gasteiger partial charge in [-0.1, -0.05) is 12.1 Å². The Morgan fingerprint density at radius 1 is 1.25 bits per heavy atom. The van der Waals surface area contributed by atoms with Gasteiger partial charge in [-0.15, -0.1) is 5.10 Å². The summed E-state index contributed by atoms with van der Waals surface area (Å²) in [6.07, 6.45) is 2.36. The van der Waals surface area contributed by atoms with Gasteiger partial charge in [0, 0.05) is 19.5 Å². The smallest absolute Gasteiger partial charge is 0.308 e. The molecule has 1 amide bonds. The van der Waals surface area contributed by atoms with Crippen LogP contribution in [0.1, 0.15) is 30.3 Å². The zero-order chi connectivity index (χ0) is 19.8. The second kappa shape index (κ2) is 7.29. The summed E-state index contributed by atoms with van der Waals surface area (Å²) in [5.74, 6) is -1.03. The van der Waals surface area contributed by atoms with Crippen LogP contribution in [0.4, 0.5) is 4.39 Å². The number of hydrogen-bond donors (Lipinski definition) is 1. The second-order valence-electron chi connectivity index (χ2n) is 7.71. The molecule has 28 heavy (non-hydrogen) atoms. The first-order chi connectivity index (χ1) is 13.4. The van der Waals surface area contributed by atoms with Gasteiger partial charge in [0.25, 0.3) is 0 Å². The molecule has 0 radical (unpaired) electrons. The SMILES string of the molecule is Cc1nnnn1C(Cc1ccc(F)cc1)C(=O)N1C[C@H](C(=O)O)[C@@H](C2CC2)C1. The first-order valence-electron chi connectivity index (χ1n) is 9.44. The van der Waals surface area contributed by atoms with E-state index in [0.717, 1.165) is 18.4 Å². The first kappa shape index (κ1) is 18.5. The first-order valence-corrected chi connectivity index (χ1v) is 9.44. The van der Waals surface area contributed by atoms with Gasteiger partial charge in [-0.2, -0.15) is 0 Å². The maximum Gasteiger partial charge on any atom is 0.308 e. The fourth-order valence-corrected chi connectivity index (χ4v) is 4.13. The van der Waals surface area contributed by atoms with E-state index in [1.165, 1.54) is 16.8 Å². The number of carboxylic acid groups (broad SMARTS) is 1. The predicted molar refractivity (Wildman–Crippen MR) is 95.6 cm³/mol. The summed E-state index contributed by atoms with van der Waals surface area (Å²) in [6.45, 7) is 2.36. The number of carbonyl (C=O) groups is 2. The van der Waals surface area contributed by atoms with Gasteiger partial charge in [-0.05, 0) is 59.7 Å². The van der Waals surface area contributed by atoms with Crippen molar-refractivity contribution in [1.82, 2.24) is 25.1 Å². The van der Waals surface area contributed by atoms with Crippen molar-refractivity contribution >= 4 is 11.9 Å². The van der Waals surface area contributed by atoms with Gasteiger partial charge in [0.1, 0.15) is 17.7 Å². The molecule has 4 rings (SSSR count). The molecule has 1 saturated heterocycles. The van der Waals surface area contributed by atoms with E-state index in [2.05, 4.69) is 15.5 Å². The van der Waals surface area contributed by atoms with E-state index in [4.69, 9.17) is 0 Å². The summed E-state index contributed by atoms with van der Waals surface area (Å²) in [6, 6.07) is 5.26. The van der Waals surface area contributed by atoms with E-state index >= 15 is 0 Å². The quantitative estimate of drug-likeness (QED) is 0.806. The minimum Gasteiger partial charge on any atom is -0.481 e. The summed E-state index contributed by atoms with van der Waals surface area (Å²) in [7, 11) is 0. The summed E-state index contributed by atoms with van der Waals surface area (Å²) >= 11 is 0. The molecule has 0 spiro atoms. The van der Waals surface area contributed by atoms with Crippen LogP contribution in [0.25, 0.3) is 0 Å². The topological polar surface area (TPSA) is 101 Å². The number of amides is 1. The van der Waals surface area contributed by atoms with Gasteiger partial charge >= 0.3 is 5.97 Å². The Bertz CT molecular complexity index is 880. The van der Waals surface area contributed by atoms with Crippen LogP contribution < -0.4 is 0 Å². The maximum atomic E-state index is 13.4. The van der Waals surface area contributed by atoms with Gasteiger partial charge < -0.3 is 10.0 Å². The Hall–Kier alpha value is -2.84. The molecule has 2 aromatic rings. The van der Waals surface area contributed by atoms with Crippen LogP contribution in [0.2, 0.25) is 0 Å². The number of aliphatic carboxylic acids is 1. The van der Waals surface area contributed by atoms with Crippen molar-refractivity contribution in [3.05, 3.63) is 41.5 Å². The predicted octanol–water partition coefficient (Wildman–Crippen LogP) is 1.47. The molecular formula is C19H22FN5O3. The number of rotatable bonds is 6. The lowest BCUT2D eigenvalue weighted by atomic mass is 9.92. The highest BCUT2D eigenvalue weighted by Crippen LogP contribution is 2.44. The largest absolute Gasteiger partial charge is 0.481 e. The third-order valence-corrected chi connectivity index (χ3v) is 5.80. The van der Waals surface area contributed by atoms with Crippen molar-refractivity contribution in [2.45, 2.75) is 32.2 Å². The molecule has 9 heteroatoms. The Balaban J connectivity index is 1.59. The van der Waals surface area contributed by atoms with Gasteiger partial charge in [0.2, 0.25) is 5.91 Å². The van der Waals surface area contributed by atoms with Crippen molar-refractivity contribution in [3.63, 3.8) is 0 Å². The van der Waals surface area contributed by atoms with Gasteiger partial charge in [0.05, 0.1) is 5.92 Å². The van der Waals surface area contributed by atoms with Crippen LogP contribution in [0.5, 0.6) is 0 Å². The molecule has 1 aliphatic carbocycles. The number of halogens is 1. The monoisotopic (exact) mass is 387 g/mol. The molecule has 2 fully saturated rings. The summed E-state index contributed by atoms with van der Waals surface area (Å²) in [5.41, 5.74) is 0.780. The van der Waals surface area contributed by atoms with Crippen molar-refractivity contribution in [2.75, 3.05) is 13.1 Å². The van der Waals surface area contributed by atoms with E-state index in [1.807, 2.05) is 0 Å². The Morgan fingerprint density at radius 2 is 1.96 bits per heavy atom. The van der Waals surface area contributed by atoms with Crippen LogP contribution in [-0.2, 0) is 16.0 Å². The van der Waals surface area contributed by atoms with Crippen LogP contribution in [0, 0.1) is 30.5 Å². The Kier molecular flexibility index (Phi) is 4.82. The lowest BCUT2D eigenvalue weighted by Crippen LogP contribution is -2.38. The Morgan fingerprint density at radius 3 is 2.54 bits per heavy atom. The average molecular weight is 387 g/mol. The van der Waals surface area contributed by atoms with E-state index in [-0.39, 0.29) is 24.2 Å². The van der Waals surface area contributed by atoms with E-state index in [9.17, 15) is 19.1 Å². The molecule has 0 bridgehead atoms. The van der Waals surface area contributed by atoms with E-state index < -0.39 is 17.9 Å². The summed E-state index contributed by atoms with van der Waals surface area (Å²) < 4.78 is 14.7. The standard InChI is InChI=1S/C19H22FN5O3/c1-11-21-22-23-25(11)17(8-12-2-6-14(20)7-3-12)18(26)24-9-15(13-4-5-13)16(10-24)19(27)28/h2-3,6-7,13,15-17H,4-5,8-10H2,1H3,(H,27,28)/t15-,16+,17?/m1/s1. The summed E-state index contributed by atoms with van der Waals surface area (Å²) in [5, 5.41) is 21.1. The van der Waals surface area contributed by atoms with Crippen molar-refractivity contribution in [2.24, 2.45) is 17.8 Å². The van der Waals surface area contributed by atoms with Gasteiger partial charge in [-0.25, -0.2) is 9.07 Å². The normalized spacial score (nSPS) is 23.0. The third kappa shape index (κ3) is 3.61. The summed E-state index contributed by atoms with van der Waals surface area (Å²) in [4.78, 5) is 26.7. The molecule has 2 aliphatic rings. The number of benzene rings is 1. The van der Waals surface area contributed by atoms with Crippen LogP contribution in [0.3, 0.4) is 0 Å². The minimum absolute atomic E-state index is 0.00268. The average Bonchev–Trinajstić information content (AvgIpc) is 3.27. The molecular weight excluding hydrogens is 365 g/mol. The molecule has 1 unspecified atom stereocenters.